The van der Waals surface area contributed by atoms with E-state index in [9.17, 15) is 0 Å². The fourth-order valence-electron chi connectivity index (χ4n) is 2.91. The molecule has 5 nitrogen and oxygen atoms in total. The molecule has 1 aromatic carbocycles. The maximum Gasteiger partial charge on any atom is 0.213 e. The van der Waals surface area contributed by atoms with Gasteiger partial charge in [-0.15, -0.1) is 0 Å². The molecule has 25 heavy (non-hydrogen) atoms. The van der Waals surface area contributed by atoms with E-state index in [1.165, 1.54) is 22.9 Å². The summed E-state index contributed by atoms with van der Waals surface area (Å²) in [6.45, 7) is 1.54. The Bertz CT molecular complexity index is 759. The van der Waals surface area contributed by atoms with Crippen LogP contribution < -0.4 is 15.4 Å². The first kappa shape index (κ1) is 17.7. The second-order valence-corrected chi connectivity index (χ2v) is 7.10. The van der Waals surface area contributed by atoms with Crippen LogP contribution in [0.25, 0.3) is 0 Å². The molecule has 0 saturated heterocycles. The Kier molecular flexibility index (Phi) is 5.58. The summed E-state index contributed by atoms with van der Waals surface area (Å²) in [5.41, 5.74) is 2.68. The largest absolute Gasteiger partial charge is 0.481 e. The number of hydrogen-bond acceptors (Lipinski definition) is 3. The highest BCUT2D eigenvalue weighted by Gasteiger charge is 2.45. The Morgan fingerprint density at radius 1 is 1.28 bits per heavy atom. The van der Waals surface area contributed by atoms with E-state index >= 15 is 0 Å². The van der Waals surface area contributed by atoms with Crippen LogP contribution in [-0.2, 0) is 12.0 Å². The van der Waals surface area contributed by atoms with Crippen LogP contribution in [0.5, 0.6) is 5.88 Å². The first-order valence-electron chi connectivity index (χ1n) is 8.35. The van der Waals surface area contributed by atoms with Crippen molar-refractivity contribution < 1.29 is 4.74 Å². The van der Waals surface area contributed by atoms with Crippen molar-refractivity contribution in [2.24, 2.45) is 4.99 Å². The minimum Gasteiger partial charge on any atom is -0.481 e. The number of ether oxygens (including phenoxy) is 1. The number of hydrogen-bond donors (Lipinski definition) is 2. The summed E-state index contributed by atoms with van der Waals surface area (Å²) in [6, 6.07) is 12.4. The summed E-state index contributed by atoms with van der Waals surface area (Å²) in [5, 5.41) is 6.82. The first-order valence-corrected chi connectivity index (χ1v) is 9.15. The van der Waals surface area contributed by atoms with Crippen LogP contribution in [0.15, 0.2) is 52.1 Å². The number of methoxy groups -OCH3 is 1. The molecule has 0 bridgehead atoms. The third-order valence-corrected chi connectivity index (χ3v) is 5.28. The predicted molar refractivity (Wildman–Crippen MR) is 104 cm³/mol. The molecule has 1 heterocycles. The van der Waals surface area contributed by atoms with Gasteiger partial charge >= 0.3 is 0 Å². The number of pyridine rings is 1. The molecule has 1 fully saturated rings. The highest BCUT2D eigenvalue weighted by atomic mass is 79.9. The topological polar surface area (TPSA) is 58.5 Å². The monoisotopic (exact) mass is 402 g/mol. The van der Waals surface area contributed by atoms with Gasteiger partial charge < -0.3 is 15.4 Å². The van der Waals surface area contributed by atoms with Gasteiger partial charge in [0.05, 0.1) is 7.11 Å². The van der Waals surface area contributed by atoms with Gasteiger partial charge in [-0.3, -0.25) is 4.99 Å². The van der Waals surface area contributed by atoms with Crippen LogP contribution in [0.1, 0.15) is 24.0 Å². The lowest BCUT2D eigenvalue weighted by Crippen LogP contribution is -2.41. The molecule has 0 radical (unpaired) electrons. The van der Waals surface area contributed by atoms with Gasteiger partial charge in [-0.1, -0.05) is 34.1 Å². The number of rotatable bonds is 6. The molecule has 0 atom stereocenters. The van der Waals surface area contributed by atoms with Gasteiger partial charge in [0.15, 0.2) is 5.96 Å². The molecule has 0 unspecified atom stereocenters. The van der Waals surface area contributed by atoms with E-state index in [-0.39, 0.29) is 5.41 Å². The maximum absolute atomic E-state index is 5.16. The van der Waals surface area contributed by atoms with Crippen LogP contribution in [0.2, 0.25) is 0 Å². The molecule has 0 spiro atoms. The average molecular weight is 403 g/mol. The molecule has 1 saturated carbocycles. The number of benzene rings is 1. The van der Waals surface area contributed by atoms with E-state index in [4.69, 9.17) is 4.74 Å². The standard InChI is InChI=1S/C19H23BrN4O/c1-21-18(23-12-14-7-10-22-17(11-14)25-2)24-13-19(8-9-19)15-5-3-4-6-16(15)20/h3-7,10-11H,8-9,12-13H2,1-2H3,(H2,21,23,24). The van der Waals surface area contributed by atoms with Crippen molar-refractivity contribution >= 4 is 21.9 Å². The van der Waals surface area contributed by atoms with Crippen molar-refractivity contribution in [3.63, 3.8) is 0 Å². The lowest BCUT2D eigenvalue weighted by molar-refractivity contribution is 0.397. The molecule has 1 aliphatic rings. The fraction of sp³-hybridized carbons (Fsp3) is 0.368. The zero-order valence-electron chi connectivity index (χ0n) is 14.6. The van der Waals surface area contributed by atoms with Gasteiger partial charge in [-0.25, -0.2) is 4.98 Å². The molecule has 1 aliphatic carbocycles. The van der Waals surface area contributed by atoms with Crippen molar-refractivity contribution in [1.29, 1.82) is 0 Å². The Balaban J connectivity index is 1.57. The molecule has 2 aromatic rings. The Hall–Kier alpha value is -2.08. The van der Waals surface area contributed by atoms with E-state index in [1.807, 2.05) is 12.1 Å². The van der Waals surface area contributed by atoms with Crippen LogP contribution in [0.4, 0.5) is 0 Å². The number of aromatic nitrogens is 1. The second-order valence-electron chi connectivity index (χ2n) is 6.25. The van der Waals surface area contributed by atoms with E-state index in [2.05, 4.69) is 60.8 Å². The molecule has 0 aliphatic heterocycles. The third-order valence-electron chi connectivity index (χ3n) is 4.58. The van der Waals surface area contributed by atoms with Crippen molar-refractivity contribution in [3.8, 4) is 5.88 Å². The van der Waals surface area contributed by atoms with Crippen molar-refractivity contribution in [2.75, 3.05) is 20.7 Å². The van der Waals surface area contributed by atoms with Gasteiger partial charge in [0.25, 0.3) is 0 Å². The number of aliphatic imine (C=N–C) groups is 1. The number of halogens is 1. The maximum atomic E-state index is 5.16. The third kappa shape index (κ3) is 4.31. The first-order chi connectivity index (χ1) is 12.2. The number of nitrogens with zero attached hydrogens (tertiary/aromatic N) is 2. The summed E-state index contributed by atoms with van der Waals surface area (Å²) in [4.78, 5) is 8.45. The molecular weight excluding hydrogens is 380 g/mol. The van der Waals surface area contributed by atoms with Crippen LogP contribution in [-0.4, -0.2) is 31.6 Å². The Morgan fingerprint density at radius 2 is 2.08 bits per heavy atom. The predicted octanol–water partition coefficient (Wildman–Crippen LogP) is 3.25. The molecule has 6 heteroatoms. The zero-order valence-corrected chi connectivity index (χ0v) is 16.1. The SMILES string of the molecule is CN=C(NCc1ccnc(OC)c1)NCC1(c2ccccc2Br)CC1. The molecule has 3 rings (SSSR count). The molecule has 0 amide bonds. The molecule has 2 N–H and O–H groups in total. The molecule has 132 valence electrons. The van der Waals surface area contributed by atoms with Crippen molar-refractivity contribution in [1.82, 2.24) is 15.6 Å². The van der Waals surface area contributed by atoms with Crippen molar-refractivity contribution in [2.45, 2.75) is 24.8 Å². The number of guanidine groups is 1. The Labute approximate surface area is 157 Å². The van der Waals surface area contributed by atoms with Crippen molar-refractivity contribution in [3.05, 3.63) is 58.2 Å². The van der Waals surface area contributed by atoms with Crippen LogP contribution >= 0.6 is 15.9 Å². The summed E-state index contributed by atoms with van der Waals surface area (Å²) in [5.74, 6) is 1.42. The molecule has 1 aromatic heterocycles. The molecular formula is C19H23BrN4O. The highest BCUT2D eigenvalue weighted by molar-refractivity contribution is 9.10. The van der Waals surface area contributed by atoms with Gasteiger partial charge in [-0.2, -0.15) is 0 Å². The fourth-order valence-corrected chi connectivity index (χ4v) is 3.62. The highest BCUT2D eigenvalue weighted by Crippen LogP contribution is 2.49. The van der Waals surface area contributed by atoms with Gasteiger partial charge in [0, 0.05) is 42.3 Å². The number of nitrogens with one attached hydrogen (secondary N) is 2. The lowest BCUT2D eigenvalue weighted by atomic mass is 9.96. The summed E-state index contributed by atoms with van der Waals surface area (Å²) >= 11 is 3.68. The van der Waals surface area contributed by atoms with Crippen LogP contribution in [0, 0.1) is 0 Å². The lowest BCUT2D eigenvalue weighted by Gasteiger charge is -2.20. The summed E-state index contributed by atoms with van der Waals surface area (Å²) in [7, 11) is 3.41. The quantitative estimate of drug-likeness (QED) is 0.574. The van der Waals surface area contributed by atoms with Crippen LogP contribution in [0.3, 0.4) is 0 Å². The zero-order chi connectivity index (χ0) is 17.7. The van der Waals surface area contributed by atoms with Gasteiger partial charge in [-0.05, 0) is 36.1 Å². The average Bonchev–Trinajstić information content (AvgIpc) is 3.43. The normalized spacial score (nSPS) is 15.6. The Morgan fingerprint density at radius 3 is 2.76 bits per heavy atom. The minimum absolute atomic E-state index is 0.206. The summed E-state index contributed by atoms with van der Waals surface area (Å²) < 4.78 is 6.34. The smallest absolute Gasteiger partial charge is 0.213 e. The van der Waals surface area contributed by atoms with Gasteiger partial charge in [0.1, 0.15) is 0 Å². The van der Waals surface area contributed by atoms with E-state index in [0.717, 1.165) is 18.1 Å². The van der Waals surface area contributed by atoms with Gasteiger partial charge in [0.2, 0.25) is 5.88 Å². The van der Waals surface area contributed by atoms with E-state index in [0.29, 0.717) is 12.4 Å². The summed E-state index contributed by atoms with van der Waals surface area (Å²) in [6.07, 6.45) is 4.14. The second kappa shape index (κ2) is 7.87. The minimum atomic E-state index is 0.206. The van der Waals surface area contributed by atoms with E-state index in [1.54, 1.807) is 20.4 Å². The van der Waals surface area contributed by atoms with E-state index < -0.39 is 0 Å².